The molecule has 1 aromatic rings. The Morgan fingerprint density at radius 2 is 1.88 bits per heavy atom. The number of rotatable bonds is 5. The lowest BCUT2D eigenvalue weighted by Gasteiger charge is -2.38. The summed E-state index contributed by atoms with van der Waals surface area (Å²) in [5.41, 5.74) is 4.08. The number of hydrogen-bond acceptors (Lipinski definition) is 7. The minimum atomic E-state index is -0.394. The van der Waals surface area contributed by atoms with Crippen molar-refractivity contribution >= 4 is 28.8 Å². The first-order valence-corrected chi connectivity index (χ1v) is 12.3. The average molecular weight is 470 g/mol. The standard InChI is InChI=1S/C25H31N3O4S/c1-6-31-24(30)22-18(5)26-25-28(23(22)20-10-8-7-9-15(20)2)19(14-33-25)11-21(29)27-12-16(3)32-17(4)13-27/h7-10,14,16-17,23H,6,11-13H2,1-5H3. The Labute approximate surface area is 199 Å². The lowest BCUT2D eigenvalue weighted by Crippen LogP contribution is -2.48. The molecule has 1 fully saturated rings. The van der Waals surface area contributed by atoms with E-state index in [4.69, 9.17) is 14.5 Å². The SMILES string of the molecule is CCOC(=O)C1=C(C)N=C2SC=C(CC(=O)N3CC(C)OC(C)C3)N2C1c1ccccc1C. The lowest BCUT2D eigenvalue weighted by molar-refractivity contribution is -0.142. The van der Waals surface area contributed by atoms with Gasteiger partial charge < -0.3 is 19.3 Å². The van der Waals surface area contributed by atoms with Crippen LogP contribution in [0.2, 0.25) is 0 Å². The Bertz CT molecular complexity index is 1040. The number of esters is 1. The Morgan fingerprint density at radius 1 is 1.18 bits per heavy atom. The van der Waals surface area contributed by atoms with Gasteiger partial charge in [0.2, 0.25) is 5.91 Å². The largest absolute Gasteiger partial charge is 0.463 e. The molecule has 3 unspecified atom stereocenters. The molecule has 7 nitrogen and oxygen atoms in total. The number of amides is 1. The smallest absolute Gasteiger partial charge is 0.338 e. The monoisotopic (exact) mass is 469 g/mol. The van der Waals surface area contributed by atoms with Gasteiger partial charge in [-0.15, -0.1) is 0 Å². The van der Waals surface area contributed by atoms with E-state index in [9.17, 15) is 9.59 Å². The normalized spacial score (nSPS) is 24.9. The first-order valence-electron chi connectivity index (χ1n) is 11.4. The molecule has 8 heteroatoms. The van der Waals surface area contributed by atoms with E-state index in [1.807, 2.05) is 67.2 Å². The molecule has 3 aliphatic rings. The number of aryl methyl sites for hydroxylation is 1. The van der Waals surface area contributed by atoms with Gasteiger partial charge in [0.15, 0.2) is 5.17 Å². The van der Waals surface area contributed by atoms with Gasteiger partial charge in [0, 0.05) is 18.8 Å². The van der Waals surface area contributed by atoms with Crippen molar-refractivity contribution in [3.63, 3.8) is 0 Å². The average Bonchev–Trinajstić information content (AvgIpc) is 3.14. The predicted molar refractivity (Wildman–Crippen MR) is 129 cm³/mol. The second kappa shape index (κ2) is 9.73. The minimum absolute atomic E-state index is 0.0115. The number of morpholine rings is 1. The molecule has 1 amide bonds. The third-order valence-corrected chi connectivity index (χ3v) is 6.97. The highest BCUT2D eigenvalue weighted by molar-refractivity contribution is 8.16. The van der Waals surface area contributed by atoms with Crippen LogP contribution in [-0.2, 0) is 19.1 Å². The number of carbonyl (C=O) groups is 2. The number of benzene rings is 1. The molecule has 1 saturated heterocycles. The first kappa shape index (κ1) is 23.6. The van der Waals surface area contributed by atoms with Crippen molar-refractivity contribution in [1.29, 1.82) is 0 Å². The van der Waals surface area contributed by atoms with E-state index in [0.717, 1.165) is 22.0 Å². The maximum atomic E-state index is 13.3. The van der Waals surface area contributed by atoms with Crippen molar-refractivity contribution < 1.29 is 19.1 Å². The van der Waals surface area contributed by atoms with Gasteiger partial charge in [-0.05, 0) is 51.2 Å². The Hall–Kier alpha value is -2.58. The van der Waals surface area contributed by atoms with Crippen molar-refractivity contribution in [2.24, 2.45) is 4.99 Å². The number of thioether (sulfide) groups is 1. The van der Waals surface area contributed by atoms with Crippen LogP contribution < -0.4 is 0 Å². The number of ether oxygens (including phenoxy) is 2. The molecule has 3 aliphatic heterocycles. The van der Waals surface area contributed by atoms with E-state index >= 15 is 0 Å². The van der Waals surface area contributed by atoms with Gasteiger partial charge in [-0.25, -0.2) is 9.79 Å². The summed E-state index contributed by atoms with van der Waals surface area (Å²) in [6.45, 7) is 11.1. The van der Waals surface area contributed by atoms with E-state index in [0.29, 0.717) is 24.4 Å². The summed E-state index contributed by atoms with van der Waals surface area (Å²) < 4.78 is 11.2. The predicted octanol–water partition coefficient (Wildman–Crippen LogP) is 4.16. The highest BCUT2D eigenvalue weighted by Crippen LogP contribution is 2.45. The second-order valence-electron chi connectivity index (χ2n) is 8.70. The maximum Gasteiger partial charge on any atom is 0.338 e. The van der Waals surface area contributed by atoms with Gasteiger partial charge in [-0.3, -0.25) is 4.79 Å². The summed E-state index contributed by atoms with van der Waals surface area (Å²) in [6.07, 6.45) is 0.262. The van der Waals surface area contributed by atoms with Crippen molar-refractivity contribution in [3.05, 3.63) is 57.8 Å². The Morgan fingerprint density at radius 3 is 2.55 bits per heavy atom. The van der Waals surface area contributed by atoms with Crippen molar-refractivity contribution in [1.82, 2.24) is 9.80 Å². The van der Waals surface area contributed by atoms with Crippen LogP contribution in [0, 0.1) is 6.92 Å². The van der Waals surface area contributed by atoms with Gasteiger partial charge >= 0.3 is 5.97 Å². The van der Waals surface area contributed by atoms with E-state index in [1.165, 1.54) is 11.8 Å². The molecule has 33 heavy (non-hydrogen) atoms. The molecule has 0 aliphatic carbocycles. The molecular weight excluding hydrogens is 438 g/mol. The summed E-state index contributed by atoms with van der Waals surface area (Å²) in [5.74, 6) is -0.318. The zero-order chi connectivity index (χ0) is 23.7. The van der Waals surface area contributed by atoms with Gasteiger partial charge in [-0.2, -0.15) is 0 Å². The van der Waals surface area contributed by atoms with Crippen LogP contribution in [0.15, 0.2) is 51.6 Å². The van der Waals surface area contributed by atoms with Crippen LogP contribution in [-0.4, -0.2) is 58.7 Å². The number of fused-ring (bicyclic) bond motifs is 1. The number of allylic oxidation sites excluding steroid dienone is 1. The topological polar surface area (TPSA) is 71.4 Å². The zero-order valence-electron chi connectivity index (χ0n) is 19.8. The molecule has 176 valence electrons. The molecule has 0 bridgehead atoms. The van der Waals surface area contributed by atoms with Crippen LogP contribution in [0.5, 0.6) is 0 Å². The number of aliphatic imine (C=N–C) groups is 1. The van der Waals surface area contributed by atoms with Gasteiger partial charge in [0.1, 0.15) is 0 Å². The van der Waals surface area contributed by atoms with Gasteiger partial charge in [0.05, 0.1) is 42.5 Å². The van der Waals surface area contributed by atoms with Crippen molar-refractivity contribution in [2.45, 2.75) is 59.3 Å². The number of hydrogen-bond donors (Lipinski definition) is 0. The first-order chi connectivity index (χ1) is 15.8. The van der Waals surface area contributed by atoms with Crippen LogP contribution in [0.25, 0.3) is 0 Å². The zero-order valence-corrected chi connectivity index (χ0v) is 20.6. The number of nitrogens with zero attached hydrogens (tertiary/aromatic N) is 3. The van der Waals surface area contributed by atoms with E-state index < -0.39 is 6.04 Å². The molecule has 1 aromatic carbocycles. The van der Waals surface area contributed by atoms with E-state index in [-0.39, 0.29) is 37.1 Å². The van der Waals surface area contributed by atoms with Gasteiger partial charge in [0.25, 0.3) is 0 Å². The third kappa shape index (κ3) is 4.73. The molecule has 0 aromatic heterocycles. The van der Waals surface area contributed by atoms with Crippen LogP contribution in [0.3, 0.4) is 0 Å². The highest BCUT2D eigenvalue weighted by Gasteiger charge is 2.42. The third-order valence-electron chi connectivity index (χ3n) is 6.08. The quantitative estimate of drug-likeness (QED) is 0.603. The molecule has 0 spiro atoms. The Balaban J connectivity index is 1.68. The van der Waals surface area contributed by atoms with Crippen molar-refractivity contribution in [3.8, 4) is 0 Å². The number of carbonyl (C=O) groups excluding carboxylic acids is 2. The molecule has 0 saturated carbocycles. The summed E-state index contributed by atoms with van der Waals surface area (Å²) in [7, 11) is 0. The fourth-order valence-electron chi connectivity index (χ4n) is 4.68. The molecule has 0 N–H and O–H groups in total. The summed E-state index contributed by atoms with van der Waals surface area (Å²) in [6, 6.07) is 7.63. The molecular formula is C25H31N3O4S. The number of amidine groups is 1. The van der Waals surface area contributed by atoms with E-state index in [1.54, 1.807) is 6.92 Å². The lowest BCUT2D eigenvalue weighted by atomic mass is 9.91. The fraction of sp³-hybridized carbons (Fsp3) is 0.480. The highest BCUT2D eigenvalue weighted by atomic mass is 32.2. The minimum Gasteiger partial charge on any atom is -0.463 e. The second-order valence-corrected chi connectivity index (χ2v) is 9.54. The van der Waals surface area contributed by atoms with Crippen LogP contribution in [0.1, 0.15) is 51.3 Å². The van der Waals surface area contributed by atoms with Crippen LogP contribution >= 0.6 is 11.8 Å². The molecule has 3 heterocycles. The summed E-state index contributed by atoms with van der Waals surface area (Å²) in [5, 5.41) is 2.76. The summed E-state index contributed by atoms with van der Waals surface area (Å²) >= 11 is 1.49. The van der Waals surface area contributed by atoms with Crippen molar-refractivity contribution in [2.75, 3.05) is 19.7 Å². The summed E-state index contributed by atoms with van der Waals surface area (Å²) in [4.78, 5) is 34.9. The molecule has 0 radical (unpaired) electrons. The van der Waals surface area contributed by atoms with Gasteiger partial charge in [-0.1, -0.05) is 36.0 Å². The maximum absolute atomic E-state index is 13.3. The molecule has 3 atom stereocenters. The molecule has 4 rings (SSSR count). The fourth-order valence-corrected chi connectivity index (χ4v) is 5.64. The van der Waals surface area contributed by atoms with Crippen LogP contribution in [0.4, 0.5) is 0 Å². The Kier molecular flexibility index (Phi) is 6.95. The van der Waals surface area contributed by atoms with E-state index in [2.05, 4.69) is 0 Å².